The fourth-order valence-corrected chi connectivity index (χ4v) is 2.82. The van der Waals surface area contributed by atoms with Crippen LogP contribution in [0.1, 0.15) is 33.6 Å². The Morgan fingerprint density at radius 3 is 2.60 bits per heavy atom. The zero-order chi connectivity index (χ0) is 14.5. The second kappa shape index (κ2) is 6.98. The Labute approximate surface area is 123 Å². The van der Waals surface area contributed by atoms with Crippen LogP contribution in [0, 0.1) is 5.92 Å². The standard InChI is InChI=1S/C17H28N2O/c1-5-10-20-16-8-6-15(7-9-16)18-17-11-14(3)19(4)12-13(17)2/h6-9,13-14,17-18H,5,10-12H2,1-4H3. The SMILES string of the molecule is CCCOc1ccc(NC2CC(C)N(C)CC2C)cc1. The first-order chi connectivity index (χ1) is 9.60. The highest BCUT2D eigenvalue weighted by atomic mass is 16.5. The summed E-state index contributed by atoms with van der Waals surface area (Å²) in [6.07, 6.45) is 2.25. The van der Waals surface area contributed by atoms with Crippen molar-refractivity contribution < 1.29 is 4.74 Å². The van der Waals surface area contributed by atoms with Crippen molar-refractivity contribution in [2.45, 2.75) is 45.7 Å². The number of hydrogen-bond acceptors (Lipinski definition) is 3. The molecule has 0 radical (unpaired) electrons. The summed E-state index contributed by atoms with van der Waals surface area (Å²) in [7, 11) is 2.22. The van der Waals surface area contributed by atoms with Crippen molar-refractivity contribution in [2.75, 3.05) is 25.5 Å². The van der Waals surface area contributed by atoms with Crippen LogP contribution in [0.5, 0.6) is 5.75 Å². The summed E-state index contributed by atoms with van der Waals surface area (Å²) in [6, 6.07) is 9.57. The van der Waals surface area contributed by atoms with Crippen molar-refractivity contribution in [3.63, 3.8) is 0 Å². The van der Waals surface area contributed by atoms with E-state index in [0.717, 1.165) is 25.3 Å². The monoisotopic (exact) mass is 276 g/mol. The number of ether oxygens (including phenoxy) is 1. The van der Waals surface area contributed by atoms with Crippen molar-refractivity contribution in [1.29, 1.82) is 0 Å². The molecule has 3 nitrogen and oxygen atoms in total. The topological polar surface area (TPSA) is 24.5 Å². The molecule has 3 atom stereocenters. The lowest BCUT2D eigenvalue weighted by Crippen LogP contribution is -2.48. The second-order valence-electron chi connectivity index (χ2n) is 6.13. The van der Waals surface area contributed by atoms with E-state index in [4.69, 9.17) is 4.74 Å². The molecule has 2 rings (SSSR count). The predicted octanol–water partition coefficient (Wildman–Crippen LogP) is 3.62. The van der Waals surface area contributed by atoms with Gasteiger partial charge in [-0.3, -0.25) is 0 Å². The van der Waals surface area contributed by atoms with Crippen LogP contribution in [0.4, 0.5) is 5.69 Å². The molecule has 0 bridgehead atoms. The maximum absolute atomic E-state index is 5.62. The van der Waals surface area contributed by atoms with E-state index in [1.54, 1.807) is 0 Å². The molecule has 20 heavy (non-hydrogen) atoms. The summed E-state index contributed by atoms with van der Waals surface area (Å²) in [5.74, 6) is 1.63. The van der Waals surface area contributed by atoms with Gasteiger partial charge in [0.15, 0.2) is 0 Å². The van der Waals surface area contributed by atoms with Crippen LogP contribution in [0.25, 0.3) is 0 Å². The van der Waals surface area contributed by atoms with E-state index in [2.05, 4.69) is 62.3 Å². The summed E-state index contributed by atoms with van der Waals surface area (Å²) < 4.78 is 5.62. The van der Waals surface area contributed by atoms with E-state index >= 15 is 0 Å². The average molecular weight is 276 g/mol. The molecular weight excluding hydrogens is 248 g/mol. The van der Waals surface area contributed by atoms with Crippen LogP contribution < -0.4 is 10.1 Å². The molecule has 1 heterocycles. The molecule has 3 heteroatoms. The summed E-state index contributed by atoms with van der Waals surface area (Å²) >= 11 is 0. The lowest BCUT2D eigenvalue weighted by Gasteiger charge is -2.40. The molecule has 1 fully saturated rings. The van der Waals surface area contributed by atoms with E-state index in [1.807, 2.05) is 0 Å². The first kappa shape index (κ1) is 15.2. The maximum atomic E-state index is 5.62. The Balaban J connectivity index is 1.92. The Morgan fingerprint density at radius 2 is 1.95 bits per heavy atom. The largest absolute Gasteiger partial charge is 0.494 e. The van der Waals surface area contributed by atoms with Crippen LogP contribution in [-0.2, 0) is 0 Å². The molecule has 3 unspecified atom stereocenters. The van der Waals surface area contributed by atoms with Gasteiger partial charge in [-0.15, -0.1) is 0 Å². The van der Waals surface area contributed by atoms with Gasteiger partial charge in [0.2, 0.25) is 0 Å². The number of hydrogen-bond donors (Lipinski definition) is 1. The molecule has 1 aromatic carbocycles. The highest BCUT2D eigenvalue weighted by molar-refractivity contribution is 5.47. The van der Waals surface area contributed by atoms with Crippen LogP contribution in [0.15, 0.2) is 24.3 Å². The van der Waals surface area contributed by atoms with E-state index < -0.39 is 0 Å². The van der Waals surface area contributed by atoms with Gasteiger partial charge in [-0.05, 0) is 57.0 Å². The summed E-state index contributed by atoms with van der Waals surface area (Å²) in [5, 5.41) is 3.68. The molecule has 1 aliphatic heterocycles. The molecule has 0 aliphatic carbocycles. The van der Waals surface area contributed by atoms with Gasteiger partial charge in [0.1, 0.15) is 5.75 Å². The van der Waals surface area contributed by atoms with Crippen molar-refractivity contribution in [2.24, 2.45) is 5.92 Å². The van der Waals surface area contributed by atoms with Gasteiger partial charge in [-0.2, -0.15) is 0 Å². The first-order valence-electron chi connectivity index (χ1n) is 7.79. The third-order valence-corrected chi connectivity index (χ3v) is 4.29. The van der Waals surface area contributed by atoms with Crippen LogP contribution in [-0.4, -0.2) is 37.2 Å². The number of likely N-dealkylation sites (tertiary alicyclic amines) is 1. The molecule has 0 spiro atoms. The molecule has 0 saturated carbocycles. The Bertz CT molecular complexity index is 404. The number of anilines is 1. The van der Waals surface area contributed by atoms with Gasteiger partial charge < -0.3 is 15.0 Å². The number of nitrogens with one attached hydrogen (secondary N) is 1. The molecule has 1 N–H and O–H groups in total. The van der Waals surface area contributed by atoms with Gasteiger partial charge in [0.05, 0.1) is 6.61 Å². The van der Waals surface area contributed by atoms with Gasteiger partial charge in [-0.25, -0.2) is 0 Å². The third kappa shape index (κ3) is 3.89. The highest BCUT2D eigenvalue weighted by Crippen LogP contribution is 2.25. The van der Waals surface area contributed by atoms with Crippen LogP contribution >= 0.6 is 0 Å². The van der Waals surface area contributed by atoms with Crippen molar-refractivity contribution in [1.82, 2.24) is 4.90 Å². The molecule has 0 aromatic heterocycles. The number of rotatable bonds is 5. The molecule has 1 aromatic rings. The summed E-state index contributed by atoms with van der Waals surface area (Å²) in [5.41, 5.74) is 1.20. The normalized spacial score (nSPS) is 27.3. The van der Waals surface area contributed by atoms with Crippen molar-refractivity contribution in [3.8, 4) is 5.75 Å². The van der Waals surface area contributed by atoms with Gasteiger partial charge in [0.25, 0.3) is 0 Å². The highest BCUT2D eigenvalue weighted by Gasteiger charge is 2.28. The average Bonchev–Trinajstić information content (AvgIpc) is 2.44. The van der Waals surface area contributed by atoms with Gasteiger partial charge in [0, 0.05) is 24.3 Å². The van der Waals surface area contributed by atoms with E-state index in [-0.39, 0.29) is 0 Å². The second-order valence-corrected chi connectivity index (χ2v) is 6.13. The number of benzene rings is 1. The number of piperidine rings is 1. The minimum atomic E-state index is 0.559. The maximum Gasteiger partial charge on any atom is 0.119 e. The van der Waals surface area contributed by atoms with Crippen molar-refractivity contribution in [3.05, 3.63) is 24.3 Å². The quantitative estimate of drug-likeness (QED) is 0.889. The minimum absolute atomic E-state index is 0.559. The predicted molar refractivity (Wildman–Crippen MR) is 85.5 cm³/mol. The molecular formula is C17H28N2O. The minimum Gasteiger partial charge on any atom is -0.494 e. The molecule has 1 saturated heterocycles. The van der Waals surface area contributed by atoms with Crippen LogP contribution in [0.3, 0.4) is 0 Å². The van der Waals surface area contributed by atoms with E-state index in [0.29, 0.717) is 18.0 Å². The zero-order valence-electron chi connectivity index (χ0n) is 13.2. The van der Waals surface area contributed by atoms with Crippen LogP contribution in [0.2, 0.25) is 0 Å². The Kier molecular flexibility index (Phi) is 5.30. The zero-order valence-corrected chi connectivity index (χ0v) is 13.2. The summed E-state index contributed by atoms with van der Waals surface area (Å²) in [6.45, 7) is 8.71. The summed E-state index contributed by atoms with van der Waals surface area (Å²) in [4.78, 5) is 2.45. The van der Waals surface area contributed by atoms with Gasteiger partial charge in [-0.1, -0.05) is 13.8 Å². The fourth-order valence-electron chi connectivity index (χ4n) is 2.82. The molecule has 112 valence electrons. The molecule has 0 amide bonds. The Hall–Kier alpha value is -1.22. The fraction of sp³-hybridized carbons (Fsp3) is 0.647. The third-order valence-electron chi connectivity index (χ3n) is 4.29. The van der Waals surface area contributed by atoms with E-state index in [1.165, 1.54) is 12.1 Å². The Morgan fingerprint density at radius 1 is 1.25 bits per heavy atom. The van der Waals surface area contributed by atoms with Crippen molar-refractivity contribution >= 4 is 5.69 Å². The smallest absolute Gasteiger partial charge is 0.119 e. The number of nitrogens with zero attached hydrogens (tertiary/aromatic N) is 1. The first-order valence-corrected chi connectivity index (χ1v) is 7.79. The molecule has 1 aliphatic rings. The van der Waals surface area contributed by atoms with Gasteiger partial charge >= 0.3 is 0 Å². The lowest BCUT2D eigenvalue weighted by molar-refractivity contribution is 0.145. The lowest BCUT2D eigenvalue weighted by atomic mass is 9.89. The van der Waals surface area contributed by atoms with E-state index in [9.17, 15) is 0 Å².